The molecule has 8 nitrogen and oxygen atoms in total. The van der Waals surface area contributed by atoms with E-state index in [0.29, 0.717) is 5.69 Å². The average Bonchev–Trinajstić information content (AvgIpc) is 3.17. The minimum Gasteiger partial charge on any atom is -0.478 e. The first-order valence-corrected chi connectivity index (χ1v) is 9.08. The molecule has 0 spiro atoms. The van der Waals surface area contributed by atoms with Gasteiger partial charge in [0.1, 0.15) is 12.2 Å². The molecule has 1 unspecified atom stereocenters. The van der Waals surface area contributed by atoms with Gasteiger partial charge in [-0.3, -0.25) is 9.38 Å². The Balaban J connectivity index is 1.87. The zero-order valence-electron chi connectivity index (χ0n) is 15.8. The molecule has 142 valence electrons. The van der Waals surface area contributed by atoms with Crippen LogP contribution in [0.4, 0.5) is 5.69 Å². The van der Waals surface area contributed by atoms with E-state index >= 15 is 0 Å². The number of carboxylic acids is 1. The van der Waals surface area contributed by atoms with Crippen molar-refractivity contribution in [1.29, 1.82) is 0 Å². The molecular weight excluding hydrogens is 356 g/mol. The highest BCUT2D eigenvalue weighted by molar-refractivity contribution is 5.95. The number of benzene rings is 1. The number of nitrogens with one attached hydrogen (secondary N) is 1. The molecule has 0 amide bonds. The minimum atomic E-state index is -0.978. The van der Waals surface area contributed by atoms with Crippen LogP contribution in [0.5, 0.6) is 0 Å². The van der Waals surface area contributed by atoms with Crippen molar-refractivity contribution in [1.82, 2.24) is 24.6 Å². The molecule has 0 saturated carbocycles. The second kappa shape index (κ2) is 6.88. The number of aromatic carboxylic acids is 1. The molecule has 1 aromatic carbocycles. The van der Waals surface area contributed by atoms with E-state index in [1.165, 1.54) is 0 Å². The van der Waals surface area contributed by atoms with Crippen molar-refractivity contribution in [2.24, 2.45) is 0 Å². The number of hydrogen-bond acceptors (Lipinski definition) is 6. The number of rotatable bonds is 5. The fourth-order valence-electron chi connectivity index (χ4n) is 3.42. The van der Waals surface area contributed by atoms with Crippen LogP contribution < -0.4 is 5.32 Å². The van der Waals surface area contributed by atoms with E-state index in [2.05, 4.69) is 15.5 Å². The third-order valence-corrected chi connectivity index (χ3v) is 4.71. The van der Waals surface area contributed by atoms with Crippen LogP contribution in [0.3, 0.4) is 0 Å². The highest BCUT2D eigenvalue weighted by Gasteiger charge is 2.19. The minimum absolute atomic E-state index is 0.216. The number of pyridine rings is 1. The van der Waals surface area contributed by atoms with Crippen molar-refractivity contribution in [3.05, 3.63) is 59.4 Å². The molecule has 2 N–H and O–H groups in total. The summed E-state index contributed by atoms with van der Waals surface area (Å²) in [6.45, 7) is 5.89. The Labute approximate surface area is 161 Å². The second-order valence-corrected chi connectivity index (χ2v) is 6.67. The molecule has 28 heavy (non-hydrogen) atoms. The molecule has 3 heterocycles. The van der Waals surface area contributed by atoms with Crippen molar-refractivity contribution in [2.75, 3.05) is 5.32 Å². The quantitative estimate of drug-likeness (QED) is 0.550. The van der Waals surface area contributed by atoms with Crippen LogP contribution >= 0.6 is 0 Å². The largest absolute Gasteiger partial charge is 0.478 e. The number of para-hydroxylation sites is 1. The Kier molecular flexibility index (Phi) is 4.38. The van der Waals surface area contributed by atoms with Crippen LogP contribution in [0.25, 0.3) is 16.6 Å². The maximum atomic E-state index is 11.5. The summed E-state index contributed by atoms with van der Waals surface area (Å²) >= 11 is 0. The SMILES string of the molecule is CCc1nc2c(C(C)Nc3ccccc3C(=O)O)nc(C)cc2c2nncn12. The number of hydrogen-bond donors (Lipinski definition) is 2. The maximum Gasteiger partial charge on any atom is 0.337 e. The van der Waals surface area contributed by atoms with Gasteiger partial charge in [0.15, 0.2) is 5.65 Å². The van der Waals surface area contributed by atoms with Gasteiger partial charge in [-0.25, -0.2) is 9.78 Å². The summed E-state index contributed by atoms with van der Waals surface area (Å²) < 4.78 is 1.89. The van der Waals surface area contributed by atoms with E-state index in [-0.39, 0.29) is 11.6 Å². The average molecular weight is 376 g/mol. The number of fused-ring (bicyclic) bond motifs is 3. The molecule has 0 fully saturated rings. The predicted molar refractivity (Wildman–Crippen MR) is 106 cm³/mol. The lowest BCUT2D eigenvalue weighted by Crippen LogP contribution is -2.14. The number of nitrogens with zero attached hydrogens (tertiary/aromatic N) is 5. The lowest BCUT2D eigenvalue weighted by molar-refractivity contribution is 0.0698. The summed E-state index contributed by atoms with van der Waals surface area (Å²) in [4.78, 5) is 21.0. The summed E-state index contributed by atoms with van der Waals surface area (Å²) in [6.07, 6.45) is 2.39. The molecule has 0 aliphatic rings. The summed E-state index contributed by atoms with van der Waals surface area (Å²) in [5, 5.41) is 21.9. The molecule has 0 aliphatic carbocycles. The fourth-order valence-corrected chi connectivity index (χ4v) is 3.42. The van der Waals surface area contributed by atoms with Crippen LogP contribution in [-0.2, 0) is 6.42 Å². The molecule has 1 atom stereocenters. The molecule has 3 aromatic heterocycles. The molecule has 0 aliphatic heterocycles. The monoisotopic (exact) mass is 376 g/mol. The third-order valence-electron chi connectivity index (χ3n) is 4.71. The summed E-state index contributed by atoms with van der Waals surface area (Å²) in [7, 11) is 0. The Hall–Kier alpha value is -3.55. The van der Waals surface area contributed by atoms with Gasteiger partial charge in [0.25, 0.3) is 0 Å². The molecule has 4 aromatic rings. The number of carboxylic acid groups (broad SMARTS) is 1. The smallest absolute Gasteiger partial charge is 0.337 e. The lowest BCUT2D eigenvalue weighted by atomic mass is 10.1. The van der Waals surface area contributed by atoms with E-state index in [9.17, 15) is 9.90 Å². The number of aryl methyl sites for hydroxylation is 2. The summed E-state index contributed by atoms with van der Waals surface area (Å²) in [5.74, 6) is -0.133. The third kappa shape index (κ3) is 2.92. The van der Waals surface area contributed by atoms with E-state index in [0.717, 1.165) is 40.2 Å². The highest BCUT2D eigenvalue weighted by Crippen LogP contribution is 2.28. The van der Waals surface area contributed by atoms with E-state index in [1.54, 1.807) is 30.6 Å². The predicted octanol–water partition coefficient (Wildman–Crippen LogP) is 3.41. The van der Waals surface area contributed by atoms with Gasteiger partial charge < -0.3 is 10.4 Å². The fraction of sp³-hybridized carbons (Fsp3) is 0.250. The first kappa shape index (κ1) is 17.8. The van der Waals surface area contributed by atoms with Gasteiger partial charge in [-0.1, -0.05) is 19.1 Å². The topological polar surface area (TPSA) is 105 Å². The van der Waals surface area contributed by atoms with Gasteiger partial charge in [-0.2, -0.15) is 0 Å². The Morgan fingerprint density at radius 3 is 2.82 bits per heavy atom. The van der Waals surface area contributed by atoms with Crippen LogP contribution in [0.2, 0.25) is 0 Å². The number of anilines is 1. The number of aromatic nitrogens is 5. The second-order valence-electron chi connectivity index (χ2n) is 6.67. The van der Waals surface area contributed by atoms with Gasteiger partial charge in [0.2, 0.25) is 0 Å². The van der Waals surface area contributed by atoms with Gasteiger partial charge in [0.05, 0.1) is 22.8 Å². The normalized spacial score (nSPS) is 12.4. The van der Waals surface area contributed by atoms with E-state index in [1.807, 2.05) is 31.2 Å². The first-order chi connectivity index (χ1) is 13.5. The van der Waals surface area contributed by atoms with Gasteiger partial charge in [-0.05, 0) is 32.0 Å². The van der Waals surface area contributed by atoms with Crippen molar-refractivity contribution in [3.8, 4) is 0 Å². The van der Waals surface area contributed by atoms with Crippen LogP contribution in [0.1, 0.15) is 47.5 Å². The lowest BCUT2D eigenvalue weighted by Gasteiger charge is -2.19. The van der Waals surface area contributed by atoms with Crippen LogP contribution in [0, 0.1) is 6.92 Å². The first-order valence-electron chi connectivity index (χ1n) is 9.08. The van der Waals surface area contributed by atoms with Crippen molar-refractivity contribution >= 4 is 28.2 Å². The van der Waals surface area contributed by atoms with Gasteiger partial charge in [-0.15, -0.1) is 10.2 Å². The van der Waals surface area contributed by atoms with Crippen LogP contribution in [0.15, 0.2) is 36.7 Å². The molecule has 8 heteroatoms. The van der Waals surface area contributed by atoms with Gasteiger partial charge >= 0.3 is 5.97 Å². The molecule has 0 saturated heterocycles. The molecule has 4 rings (SSSR count). The standard InChI is InChI=1S/C20H20N6O2/c1-4-16-24-18-14(19-25-21-10-26(16)19)9-11(2)22-17(18)12(3)23-15-8-6-5-7-13(15)20(27)28/h5-10,12,23H,4H2,1-3H3,(H,27,28). The zero-order valence-corrected chi connectivity index (χ0v) is 15.8. The van der Waals surface area contributed by atoms with Gasteiger partial charge in [0, 0.05) is 23.2 Å². The molecule has 0 radical (unpaired) electrons. The zero-order chi connectivity index (χ0) is 19.8. The van der Waals surface area contributed by atoms with Crippen molar-refractivity contribution in [3.63, 3.8) is 0 Å². The van der Waals surface area contributed by atoms with Crippen molar-refractivity contribution in [2.45, 2.75) is 33.2 Å². The van der Waals surface area contributed by atoms with E-state index < -0.39 is 5.97 Å². The Morgan fingerprint density at radius 2 is 2.07 bits per heavy atom. The summed E-state index contributed by atoms with van der Waals surface area (Å²) in [5.41, 5.74) is 3.82. The summed E-state index contributed by atoms with van der Waals surface area (Å²) in [6, 6.07) is 8.53. The molecular formula is C20H20N6O2. The van der Waals surface area contributed by atoms with Crippen molar-refractivity contribution < 1.29 is 9.90 Å². The van der Waals surface area contributed by atoms with Crippen LogP contribution in [-0.4, -0.2) is 35.6 Å². The van der Waals surface area contributed by atoms with E-state index in [4.69, 9.17) is 9.97 Å². The Bertz CT molecular complexity index is 1200. The Morgan fingerprint density at radius 1 is 1.29 bits per heavy atom. The number of carbonyl (C=O) groups is 1. The highest BCUT2D eigenvalue weighted by atomic mass is 16.4. The maximum absolute atomic E-state index is 11.5. The molecule has 0 bridgehead atoms.